The standard InChI is InChI=1S/C10H13NS/c1-7(2)10-11-8-5-3-4-6-9(8)12-10/h3-7,10-11H,1-2H3. The van der Waals surface area contributed by atoms with Crippen molar-refractivity contribution in [3.63, 3.8) is 0 Å². The van der Waals surface area contributed by atoms with Gasteiger partial charge in [-0.3, -0.25) is 0 Å². The van der Waals surface area contributed by atoms with Crippen molar-refractivity contribution in [3.05, 3.63) is 24.3 Å². The zero-order valence-electron chi connectivity index (χ0n) is 7.37. The van der Waals surface area contributed by atoms with Crippen LogP contribution in [0, 0.1) is 5.92 Å². The van der Waals surface area contributed by atoms with Gasteiger partial charge in [-0.1, -0.05) is 37.7 Å². The van der Waals surface area contributed by atoms with Gasteiger partial charge >= 0.3 is 0 Å². The summed E-state index contributed by atoms with van der Waals surface area (Å²) in [6, 6.07) is 8.49. The molecule has 12 heavy (non-hydrogen) atoms. The largest absolute Gasteiger partial charge is 0.372 e. The molecular weight excluding hydrogens is 166 g/mol. The van der Waals surface area contributed by atoms with Crippen LogP contribution in [-0.4, -0.2) is 5.37 Å². The van der Waals surface area contributed by atoms with Gasteiger partial charge in [0.1, 0.15) is 0 Å². The maximum Gasteiger partial charge on any atom is 0.0793 e. The summed E-state index contributed by atoms with van der Waals surface area (Å²) in [5, 5.41) is 4.05. The minimum atomic E-state index is 0.558. The SMILES string of the molecule is CC(C)C1Nc2ccccc2S1. The van der Waals surface area contributed by atoms with Crippen LogP contribution in [0.2, 0.25) is 0 Å². The summed E-state index contributed by atoms with van der Waals surface area (Å²) in [6.45, 7) is 4.49. The van der Waals surface area contributed by atoms with E-state index in [-0.39, 0.29) is 0 Å². The first-order valence-corrected chi connectivity index (χ1v) is 5.17. The van der Waals surface area contributed by atoms with E-state index in [9.17, 15) is 0 Å². The second kappa shape index (κ2) is 3.02. The van der Waals surface area contributed by atoms with Crippen LogP contribution < -0.4 is 5.32 Å². The summed E-state index contributed by atoms with van der Waals surface area (Å²) in [5.74, 6) is 0.683. The Morgan fingerprint density at radius 3 is 2.75 bits per heavy atom. The molecule has 2 rings (SSSR count). The van der Waals surface area contributed by atoms with Gasteiger partial charge in [0.25, 0.3) is 0 Å². The van der Waals surface area contributed by atoms with E-state index in [4.69, 9.17) is 0 Å². The van der Waals surface area contributed by atoms with Crippen molar-refractivity contribution in [2.24, 2.45) is 5.92 Å². The topological polar surface area (TPSA) is 12.0 Å². The van der Waals surface area contributed by atoms with Crippen molar-refractivity contribution in [1.82, 2.24) is 0 Å². The zero-order valence-corrected chi connectivity index (χ0v) is 8.19. The van der Waals surface area contributed by atoms with E-state index >= 15 is 0 Å². The molecule has 64 valence electrons. The molecule has 1 atom stereocenters. The number of anilines is 1. The van der Waals surface area contributed by atoms with Crippen molar-refractivity contribution in [2.45, 2.75) is 24.1 Å². The van der Waals surface area contributed by atoms with E-state index in [0.29, 0.717) is 11.3 Å². The summed E-state index contributed by atoms with van der Waals surface area (Å²) >= 11 is 1.93. The van der Waals surface area contributed by atoms with Crippen LogP contribution in [0.1, 0.15) is 13.8 Å². The van der Waals surface area contributed by atoms with E-state index in [1.54, 1.807) is 0 Å². The van der Waals surface area contributed by atoms with Gasteiger partial charge in [-0.25, -0.2) is 0 Å². The fraction of sp³-hybridized carbons (Fsp3) is 0.400. The third-order valence-corrected chi connectivity index (χ3v) is 3.57. The molecule has 0 fully saturated rings. The number of fused-ring (bicyclic) bond motifs is 1. The molecule has 0 spiro atoms. The van der Waals surface area contributed by atoms with E-state index < -0.39 is 0 Å². The lowest BCUT2D eigenvalue weighted by molar-refractivity contribution is 0.656. The van der Waals surface area contributed by atoms with Gasteiger partial charge in [0.05, 0.1) is 5.37 Å². The molecule has 1 heterocycles. The summed E-state index contributed by atoms with van der Waals surface area (Å²) in [7, 11) is 0. The van der Waals surface area contributed by atoms with Crippen molar-refractivity contribution in [1.29, 1.82) is 0 Å². The molecule has 0 bridgehead atoms. The Kier molecular flexibility index (Phi) is 2.01. The Bertz CT molecular complexity index is 258. The van der Waals surface area contributed by atoms with Gasteiger partial charge in [0.2, 0.25) is 0 Å². The van der Waals surface area contributed by atoms with Crippen LogP contribution in [0.4, 0.5) is 5.69 Å². The lowest BCUT2D eigenvalue weighted by Crippen LogP contribution is -2.16. The van der Waals surface area contributed by atoms with Gasteiger partial charge in [-0.05, 0) is 18.1 Å². The normalized spacial score (nSPS) is 20.8. The van der Waals surface area contributed by atoms with Crippen LogP contribution in [0.5, 0.6) is 0 Å². The first-order valence-electron chi connectivity index (χ1n) is 4.29. The number of thioether (sulfide) groups is 1. The van der Waals surface area contributed by atoms with E-state index in [2.05, 4.69) is 43.4 Å². The molecule has 1 aromatic carbocycles. The van der Waals surface area contributed by atoms with Crippen LogP contribution >= 0.6 is 11.8 Å². The second-order valence-electron chi connectivity index (χ2n) is 3.42. The number of benzene rings is 1. The Morgan fingerprint density at radius 1 is 1.33 bits per heavy atom. The number of nitrogens with one attached hydrogen (secondary N) is 1. The molecule has 2 heteroatoms. The van der Waals surface area contributed by atoms with Gasteiger partial charge < -0.3 is 5.32 Å². The lowest BCUT2D eigenvalue weighted by atomic mass is 10.2. The highest BCUT2D eigenvalue weighted by Crippen LogP contribution is 2.40. The van der Waals surface area contributed by atoms with Gasteiger partial charge in [0.15, 0.2) is 0 Å². The van der Waals surface area contributed by atoms with E-state index in [0.717, 1.165) is 0 Å². The van der Waals surface area contributed by atoms with Crippen LogP contribution in [-0.2, 0) is 0 Å². The molecule has 0 radical (unpaired) electrons. The van der Waals surface area contributed by atoms with Crippen molar-refractivity contribution in [2.75, 3.05) is 5.32 Å². The average Bonchev–Trinajstić information content (AvgIpc) is 2.46. The third-order valence-electron chi connectivity index (χ3n) is 2.04. The molecule has 1 aromatic rings. The number of hydrogen-bond acceptors (Lipinski definition) is 2. The first-order chi connectivity index (χ1) is 5.77. The zero-order chi connectivity index (χ0) is 8.55. The maximum absolute atomic E-state index is 3.50. The molecule has 1 aliphatic rings. The number of rotatable bonds is 1. The number of hydrogen-bond donors (Lipinski definition) is 1. The summed E-state index contributed by atoms with van der Waals surface area (Å²) in [5.41, 5.74) is 1.29. The summed E-state index contributed by atoms with van der Waals surface area (Å²) < 4.78 is 0. The fourth-order valence-electron chi connectivity index (χ4n) is 1.31. The molecule has 1 aliphatic heterocycles. The monoisotopic (exact) mass is 179 g/mol. The lowest BCUT2D eigenvalue weighted by Gasteiger charge is -2.13. The quantitative estimate of drug-likeness (QED) is 0.710. The predicted octanol–water partition coefficient (Wildman–Crippen LogP) is 3.19. The van der Waals surface area contributed by atoms with Crippen LogP contribution in [0.15, 0.2) is 29.2 Å². The van der Waals surface area contributed by atoms with E-state index in [1.165, 1.54) is 10.6 Å². The van der Waals surface area contributed by atoms with Crippen molar-refractivity contribution >= 4 is 17.4 Å². The molecular formula is C10H13NS. The van der Waals surface area contributed by atoms with Crippen molar-refractivity contribution in [3.8, 4) is 0 Å². The van der Waals surface area contributed by atoms with Gasteiger partial charge in [-0.15, -0.1) is 0 Å². The fourth-order valence-corrected chi connectivity index (χ4v) is 2.45. The number of para-hydroxylation sites is 1. The van der Waals surface area contributed by atoms with Gasteiger partial charge in [0, 0.05) is 10.6 Å². The molecule has 0 saturated heterocycles. The van der Waals surface area contributed by atoms with Crippen molar-refractivity contribution < 1.29 is 0 Å². The molecule has 1 nitrogen and oxygen atoms in total. The van der Waals surface area contributed by atoms with Crippen LogP contribution in [0.3, 0.4) is 0 Å². The molecule has 1 N–H and O–H groups in total. The second-order valence-corrected chi connectivity index (χ2v) is 4.61. The predicted molar refractivity (Wildman–Crippen MR) is 54.5 cm³/mol. The van der Waals surface area contributed by atoms with Gasteiger partial charge in [-0.2, -0.15) is 0 Å². The first kappa shape index (κ1) is 7.99. The highest BCUT2D eigenvalue weighted by atomic mass is 32.2. The molecule has 0 saturated carbocycles. The maximum atomic E-state index is 3.50. The molecule has 1 unspecified atom stereocenters. The highest BCUT2D eigenvalue weighted by molar-refractivity contribution is 8.00. The minimum absolute atomic E-state index is 0.558. The van der Waals surface area contributed by atoms with Crippen LogP contribution in [0.25, 0.3) is 0 Å². The minimum Gasteiger partial charge on any atom is -0.372 e. The highest BCUT2D eigenvalue weighted by Gasteiger charge is 2.22. The Balaban J connectivity index is 2.22. The summed E-state index contributed by atoms with van der Waals surface area (Å²) in [6.07, 6.45) is 0. The Hall–Kier alpha value is -0.630. The third kappa shape index (κ3) is 1.31. The average molecular weight is 179 g/mol. The van der Waals surface area contributed by atoms with E-state index in [1.807, 2.05) is 11.8 Å². The Morgan fingerprint density at radius 2 is 2.08 bits per heavy atom. The molecule has 0 aromatic heterocycles. The smallest absolute Gasteiger partial charge is 0.0793 e. The summed E-state index contributed by atoms with van der Waals surface area (Å²) in [4.78, 5) is 1.39. The molecule has 0 amide bonds. The molecule has 0 aliphatic carbocycles. The Labute approximate surface area is 77.6 Å².